The Bertz CT molecular complexity index is 316. The van der Waals surface area contributed by atoms with Gasteiger partial charge in [-0.05, 0) is 28.1 Å². The van der Waals surface area contributed by atoms with E-state index in [0.29, 0.717) is 0 Å². The molecule has 1 atom stereocenters. The molecule has 0 radical (unpaired) electrons. The molecule has 6 heteroatoms. The van der Waals surface area contributed by atoms with Crippen LogP contribution in [-0.2, 0) is 6.54 Å². The van der Waals surface area contributed by atoms with Gasteiger partial charge in [0, 0.05) is 12.3 Å². The predicted octanol–water partition coefficient (Wildman–Crippen LogP) is 2.31. The minimum absolute atomic E-state index is 0.147. The Kier molecular flexibility index (Phi) is 6.41. The summed E-state index contributed by atoms with van der Waals surface area (Å²) in [6.07, 6.45) is 2.91. The van der Waals surface area contributed by atoms with Crippen LogP contribution in [0.1, 0.15) is 32.0 Å². The highest BCUT2D eigenvalue weighted by molar-refractivity contribution is 9.10. The molecule has 1 unspecified atom stereocenters. The van der Waals surface area contributed by atoms with E-state index in [1.165, 1.54) is 0 Å². The van der Waals surface area contributed by atoms with E-state index < -0.39 is 0 Å². The molecule has 0 aromatic carbocycles. The van der Waals surface area contributed by atoms with Gasteiger partial charge in [-0.15, -0.1) is 0 Å². The quantitative estimate of drug-likeness (QED) is 0.599. The molecule has 0 bridgehead atoms. The number of hydrogen-bond donors (Lipinski definition) is 2. The van der Waals surface area contributed by atoms with Crippen molar-refractivity contribution in [2.75, 3.05) is 11.5 Å². The first kappa shape index (κ1) is 14.0. The predicted molar refractivity (Wildman–Crippen MR) is 73.3 cm³/mol. The Labute approximate surface area is 109 Å². The first-order valence-electron chi connectivity index (χ1n) is 5.49. The molecule has 0 fully saturated rings. The Hall–Kier alpha value is -0.0400. The zero-order valence-corrected chi connectivity index (χ0v) is 12.1. The molecule has 1 heterocycles. The van der Waals surface area contributed by atoms with E-state index in [1.54, 1.807) is 0 Å². The molecule has 1 aromatic rings. The minimum atomic E-state index is 0.147. The zero-order chi connectivity index (χ0) is 12.0. The smallest absolute Gasteiger partial charge is 0.0730 e. The molecule has 0 spiro atoms. The summed E-state index contributed by atoms with van der Waals surface area (Å²) in [4.78, 5) is 0. The standard InChI is InChI=1S/C10H19BrN4S/c1-3-5-15-10(8(11)6-13-15)9(14-12)7-16-4-2/h6,9,14H,3-5,7,12H2,1-2H3. The summed E-state index contributed by atoms with van der Waals surface area (Å²) >= 11 is 5.40. The van der Waals surface area contributed by atoms with Crippen LogP contribution >= 0.6 is 27.7 Å². The summed E-state index contributed by atoms with van der Waals surface area (Å²) < 4.78 is 3.05. The van der Waals surface area contributed by atoms with Gasteiger partial charge in [-0.3, -0.25) is 16.0 Å². The molecule has 0 amide bonds. The highest BCUT2D eigenvalue weighted by atomic mass is 79.9. The van der Waals surface area contributed by atoms with Gasteiger partial charge in [-0.25, -0.2) is 0 Å². The van der Waals surface area contributed by atoms with Gasteiger partial charge in [0.1, 0.15) is 0 Å². The summed E-state index contributed by atoms with van der Waals surface area (Å²) in [6.45, 7) is 5.22. The van der Waals surface area contributed by atoms with Crippen molar-refractivity contribution in [2.45, 2.75) is 32.9 Å². The maximum Gasteiger partial charge on any atom is 0.0730 e. The monoisotopic (exact) mass is 306 g/mol. The average Bonchev–Trinajstić information content (AvgIpc) is 2.63. The lowest BCUT2D eigenvalue weighted by molar-refractivity contribution is 0.507. The number of nitrogens with zero attached hydrogens (tertiary/aromatic N) is 2. The van der Waals surface area contributed by atoms with Crippen molar-refractivity contribution >= 4 is 27.7 Å². The number of halogens is 1. The van der Waals surface area contributed by atoms with Gasteiger partial charge in [-0.1, -0.05) is 13.8 Å². The lowest BCUT2D eigenvalue weighted by atomic mass is 10.2. The molecular weight excluding hydrogens is 288 g/mol. The molecule has 3 N–H and O–H groups in total. The average molecular weight is 307 g/mol. The number of thioether (sulfide) groups is 1. The molecule has 0 saturated carbocycles. The van der Waals surface area contributed by atoms with Crippen LogP contribution in [0.25, 0.3) is 0 Å². The molecule has 1 aromatic heterocycles. The van der Waals surface area contributed by atoms with Crippen molar-refractivity contribution in [2.24, 2.45) is 5.84 Å². The van der Waals surface area contributed by atoms with Gasteiger partial charge in [-0.2, -0.15) is 16.9 Å². The number of aromatic nitrogens is 2. The van der Waals surface area contributed by atoms with Crippen LogP contribution in [-0.4, -0.2) is 21.3 Å². The Morgan fingerprint density at radius 3 is 2.94 bits per heavy atom. The fourth-order valence-electron chi connectivity index (χ4n) is 1.55. The van der Waals surface area contributed by atoms with E-state index in [0.717, 1.165) is 34.6 Å². The van der Waals surface area contributed by atoms with Gasteiger partial charge in [0.15, 0.2) is 0 Å². The van der Waals surface area contributed by atoms with Gasteiger partial charge in [0.2, 0.25) is 0 Å². The van der Waals surface area contributed by atoms with Crippen LogP contribution in [0.2, 0.25) is 0 Å². The van der Waals surface area contributed by atoms with E-state index in [2.05, 4.69) is 40.3 Å². The van der Waals surface area contributed by atoms with E-state index in [1.807, 2.05) is 22.6 Å². The van der Waals surface area contributed by atoms with Crippen LogP contribution in [0, 0.1) is 0 Å². The molecule has 0 saturated heterocycles. The topological polar surface area (TPSA) is 55.9 Å². The molecular formula is C10H19BrN4S. The first-order valence-corrected chi connectivity index (χ1v) is 7.44. The molecule has 0 aliphatic heterocycles. The third kappa shape index (κ3) is 3.48. The van der Waals surface area contributed by atoms with Gasteiger partial charge in [0.25, 0.3) is 0 Å². The lowest BCUT2D eigenvalue weighted by Gasteiger charge is -2.17. The van der Waals surface area contributed by atoms with Crippen molar-refractivity contribution in [3.05, 3.63) is 16.4 Å². The third-order valence-corrected chi connectivity index (χ3v) is 3.88. The molecule has 0 aliphatic carbocycles. The number of hydrogen-bond acceptors (Lipinski definition) is 4. The SMILES string of the molecule is CCCn1ncc(Br)c1C(CSCC)NN. The van der Waals surface area contributed by atoms with Crippen LogP contribution in [0.5, 0.6) is 0 Å². The largest absolute Gasteiger partial charge is 0.271 e. The van der Waals surface area contributed by atoms with E-state index >= 15 is 0 Å². The zero-order valence-electron chi connectivity index (χ0n) is 9.74. The van der Waals surface area contributed by atoms with Gasteiger partial charge < -0.3 is 0 Å². The van der Waals surface area contributed by atoms with Crippen LogP contribution in [0.4, 0.5) is 0 Å². The highest BCUT2D eigenvalue weighted by Crippen LogP contribution is 2.25. The van der Waals surface area contributed by atoms with Gasteiger partial charge >= 0.3 is 0 Å². The molecule has 4 nitrogen and oxygen atoms in total. The third-order valence-electron chi connectivity index (χ3n) is 2.29. The van der Waals surface area contributed by atoms with Crippen molar-refractivity contribution in [1.29, 1.82) is 0 Å². The Morgan fingerprint density at radius 2 is 2.38 bits per heavy atom. The second-order valence-electron chi connectivity index (χ2n) is 3.48. The summed E-state index contributed by atoms with van der Waals surface area (Å²) in [5.41, 5.74) is 4.01. The number of rotatable bonds is 7. The Morgan fingerprint density at radius 1 is 1.62 bits per heavy atom. The summed E-state index contributed by atoms with van der Waals surface area (Å²) in [7, 11) is 0. The van der Waals surface area contributed by atoms with Crippen molar-refractivity contribution in [3.8, 4) is 0 Å². The molecule has 16 heavy (non-hydrogen) atoms. The summed E-state index contributed by atoms with van der Waals surface area (Å²) in [5, 5.41) is 4.35. The minimum Gasteiger partial charge on any atom is -0.271 e. The fraction of sp³-hybridized carbons (Fsp3) is 0.700. The number of nitrogens with one attached hydrogen (secondary N) is 1. The van der Waals surface area contributed by atoms with E-state index in [4.69, 9.17) is 5.84 Å². The second kappa shape index (κ2) is 7.32. The lowest BCUT2D eigenvalue weighted by Crippen LogP contribution is -2.32. The summed E-state index contributed by atoms with van der Waals surface area (Å²) in [5.74, 6) is 7.67. The van der Waals surface area contributed by atoms with Crippen molar-refractivity contribution in [3.63, 3.8) is 0 Å². The second-order valence-corrected chi connectivity index (χ2v) is 5.65. The van der Waals surface area contributed by atoms with Crippen LogP contribution in [0.3, 0.4) is 0 Å². The molecule has 92 valence electrons. The first-order chi connectivity index (χ1) is 7.74. The van der Waals surface area contributed by atoms with Gasteiger partial charge in [0.05, 0.1) is 22.4 Å². The number of hydrazine groups is 1. The Balaban J connectivity index is 2.84. The maximum atomic E-state index is 5.61. The van der Waals surface area contributed by atoms with Crippen LogP contribution in [0.15, 0.2) is 10.7 Å². The van der Waals surface area contributed by atoms with Crippen molar-refractivity contribution < 1.29 is 0 Å². The summed E-state index contributed by atoms with van der Waals surface area (Å²) in [6, 6.07) is 0.147. The number of aryl methyl sites for hydroxylation is 1. The van der Waals surface area contributed by atoms with Crippen LogP contribution < -0.4 is 11.3 Å². The van der Waals surface area contributed by atoms with E-state index in [9.17, 15) is 0 Å². The molecule has 1 rings (SSSR count). The van der Waals surface area contributed by atoms with E-state index in [-0.39, 0.29) is 6.04 Å². The highest BCUT2D eigenvalue weighted by Gasteiger charge is 2.18. The maximum absolute atomic E-state index is 5.61. The fourth-order valence-corrected chi connectivity index (χ4v) is 2.85. The van der Waals surface area contributed by atoms with Crippen molar-refractivity contribution in [1.82, 2.24) is 15.2 Å². The normalized spacial score (nSPS) is 13.0. The number of nitrogens with two attached hydrogens (primary N) is 1. The molecule has 0 aliphatic rings.